The Balaban J connectivity index is 0.000000217. The van der Waals surface area contributed by atoms with E-state index in [1.54, 1.807) is 0 Å². The summed E-state index contributed by atoms with van der Waals surface area (Å²) < 4.78 is 75.6. The van der Waals surface area contributed by atoms with Gasteiger partial charge in [0.15, 0.2) is 0 Å². The molecule has 0 aliphatic heterocycles. The zero-order valence-corrected chi connectivity index (χ0v) is 37.8. The second-order valence-corrected chi connectivity index (χ2v) is 17.7. The van der Waals surface area contributed by atoms with E-state index in [0.29, 0.717) is 14.3 Å². The molecule has 5 aromatic rings. The average molecular weight is 911 g/mol. The van der Waals surface area contributed by atoms with Gasteiger partial charge >= 0.3 is 137 Å². The van der Waals surface area contributed by atoms with Crippen molar-refractivity contribution in [3.05, 3.63) is 176 Å². The van der Waals surface area contributed by atoms with E-state index >= 15 is 0 Å². The van der Waals surface area contributed by atoms with Crippen LogP contribution in [-0.4, -0.2) is 3.21 Å². The second-order valence-electron chi connectivity index (χ2n) is 16.5. The van der Waals surface area contributed by atoms with Crippen molar-refractivity contribution in [1.29, 1.82) is 0 Å². The van der Waals surface area contributed by atoms with Crippen molar-refractivity contribution < 1.29 is 75.4 Å². The first-order valence-electron chi connectivity index (χ1n) is 18.7. The Bertz CT molecular complexity index is 2190. The Morgan fingerprint density at radius 3 is 1.50 bits per heavy atom. The molecular weight excluding hydrogens is 865 g/mol. The van der Waals surface area contributed by atoms with Crippen LogP contribution < -0.4 is 24.8 Å². The molecular formula is C49H46Cl2F6Zr-2. The summed E-state index contributed by atoms with van der Waals surface area (Å²) in [5, 5.41) is 0. The number of alkyl halides is 6. The minimum atomic E-state index is -4.41. The van der Waals surface area contributed by atoms with Crippen molar-refractivity contribution >= 4 is 14.4 Å². The van der Waals surface area contributed by atoms with Gasteiger partial charge in [-0.3, -0.25) is 0 Å². The zero-order chi connectivity index (χ0) is 41.0. The molecule has 0 spiro atoms. The fraction of sp³-hybridized carbons (Fsp3) is 0.286. The summed E-state index contributed by atoms with van der Waals surface area (Å²) in [5.41, 5.74) is 17.3. The fourth-order valence-corrected chi connectivity index (χ4v) is 8.53. The van der Waals surface area contributed by atoms with Gasteiger partial charge in [0.2, 0.25) is 0 Å². The summed E-state index contributed by atoms with van der Waals surface area (Å²) in [4.78, 5) is 0. The molecule has 0 radical (unpaired) electrons. The van der Waals surface area contributed by atoms with E-state index < -0.39 is 23.5 Å². The molecule has 0 N–H and O–H groups in total. The van der Waals surface area contributed by atoms with E-state index in [4.69, 9.17) is 0 Å². The number of benzene rings is 4. The maximum absolute atomic E-state index is 12.5. The molecule has 5 aromatic carbocycles. The first-order valence-corrected chi connectivity index (χ1v) is 20.0. The molecule has 58 heavy (non-hydrogen) atoms. The predicted molar refractivity (Wildman–Crippen MR) is 215 cm³/mol. The molecule has 0 saturated heterocycles. The Labute approximate surface area is 366 Å². The Hall–Kier alpha value is -3.51. The van der Waals surface area contributed by atoms with E-state index in [-0.39, 0.29) is 35.6 Å². The molecule has 0 saturated carbocycles. The number of aryl methyl sites for hydroxylation is 2. The topological polar surface area (TPSA) is 0 Å². The van der Waals surface area contributed by atoms with Gasteiger partial charge in [0.25, 0.3) is 0 Å². The third-order valence-corrected chi connectivity index (χ3v) is 12.6. The van der Waals surface area contributed by atoms with Crippen molar-refractivity contribution in [2.45, 2.75) is 91.4 Å². The summed E-state index contributed by atoms with van der Waals surface area (Å²) in [5.74, 6) is 0. The van der Waals surface area contributed by atoms with Crippen LogP contribution in [-0.2, 0) is 53.8 Å². The summed E-state index contributed by atoms with van der Waals surface area (Å²) in [7, 11) is 0. The molecule has 304 valence electrons. The molecule has 8 rings (SSSR count). The van der Waals surface area contributed by atoms with Crippen molar-refractivity contribution in [3.8, 4) is 11.1 Å². The van der Waals surface area contributed by atoms with Crippen molar-refractivity contribution in [2.75, 3.05) is 0 Å². The number of halogens is 8. The first-order chi connectivity index (χ1) is 26.0. The SMILES string of the molecule is CC1=C[CH-]C(C)(C)c2cc3c(cc21)-c1cc2c(cc1C3)C(C)(C)CC=C2C.Cc1c[cH-]c(C)c1.FC(F)(F)c1ccc([C](=[Zr+2])c2ccc(C(F)(F)F)cc2)cc1.[Cl-].[Cl-]. The molecule has 0 unspecified atom stereocenters. The standard InChI is InChI=1S/C27H29.C15H8F6.C7H9.2ClH.Zr/c1-16-7-9-26(3,4)24-12-18-11-19-13-25-21(17(2)8-10-27(25,5)6)15-23(19)22(18)14-20(16)24;16-14(17,18)12-5-1-10(2-6-12)9-11-3-7-13(8-4-11)15(19,20)21;1-6-3-4-7(2)5-6;;;/h7-9,12-15H,10-11H2,1-6H3;1-8H;3-5H,1-2H3;2*1H;/q-1;;-1;;;+2/p-2. The van der Waals surface area contributed by atoms with Crippen LogP contribution >= 0.6 is 0 Å². The number of rotatable bonds is 2. The zero-order valence-electron chi connectivity index (χ0n) is 33.8. The molecule has 3 aliphatic carbocycles. The van der Waals surface area contributed by atoms with E-state index in [1.165, 1.54) is 91.0 Å². The number of hydrogen-bond donors (Lipinski definition) is 0. The molecule has 3 aliphatic rings. The van der Waals surface area contributed by atoms with Crippen LogP contribution in [0, 0.1) is 20.3 Å². The Morgan fingerprint density at radius 1 is 0.621 bits per heavy atom. The molecule has 0 nitrogen and oxygen atoms in total. The van der Waals surface area contributed by atoms with Gasteiger partial charge in [-0.05, 0) is 70.2 Å². The smallest absolute Gasteiger partial charge is 1.00 e. The summed E-state index contributed by atoms with van der Waals surface area (Å²) in [6.45, 7) is 18.2. The van der Waals surface area contributed by atoms with E-state index in [1.807, 2.05) is 0 Å². The van der Waals surface area contributed by atoms with Gasteiger partial charge in [0.1, 0.15) is 0 Å². The third-order valence-electron chi connectivity index (χ3n) is 11.2. The summed E-state index contributed by atoms with van der Waals surface area (Å²) in [6, 6.07) is 25.5. The molecule has 0 heterocycles. The number of hydrogen-bond acceptors (Lipinski definition) is 0. The minimum Gasteiger partial charge on any atom is -1.00 e. The van der Waals surface area contributed by atoms with Crippen LogP contribution in [0.25, 0.3) is 22.3 Å². The van der Waals surface area contributed by atoms with Gasteiger partial charge in [-0.2, -0.15) is 23.3 Å². The van der Waals surface area contributed by atoms with Crippen LogP contribution in [0.15, 0.2) is 103 Å². The van der Waals surface area contributed by atoms with Gasteiger partial charge in [-0.25, -0.2) is 24.1 Å². The Morgan fingerprint density at radius 2 is 1.09 bits per heavy atom. The van der Waals surface area contributed by atoms with Crippen molar-refractivity contribution in [1.82, 2.24) is 0 Å². The van der Waals surface area contributed by atoms with E-state index in [0.717, 1.165) is 61.3 Å². The Kier molecular flexibility index (Phi) is 14.3. The normalized spacial score (nSPS) is 15.4. The molecule has 0 fully saturated rings. The molecule has 9 heteroatoms. The second kappa shape index (κ2) is 17.6. The minimum absolute atomic E-state index is 0. The molecule has 0 aromatic heterocycles. The quantitative estimate of drug-likeness (QED) is 0.122. The maximum Gasteiger partial charge on any atom is -1.00 e. The van der Waals surface area contributed by atoms with Crippen LogP contribution in [0.5, 0.6) is 0 Å². The van der Waals surface area contributed by atoms with Crippen LogP contribution in [0.4, 0.5) is 26.3 Å². The van der Waals surface area contributed by atoms with Crippen LogP contribution in [0.3, 0.4) is 0 Å². The largest absolute Gasteiger partial charge is 1.00 e. The van der Waals surface area contributed by atoms with Gasteiger partial charge in [-0.15, -0.1) is 12.5 Å². The first kappa shape index (κ1) is 47.2. The molecule has 0 atom stereocenters. The van der Waals surface area contributed by atoms with E-state index in [2.05, 4.69) is 116 Å². The predicted octanol–water partition coefficient (Wildman–Crippen LogP) is 8.11. The van der Waals surface area contributed by atoms with Crippen molar-refractivity contribution in [2.24, 2.45) is 0 Å². The van der Waals surface area contributed by atoms with Gasteiger partial charge in [0.05, 0.1) is 0 Å². The number of allylic oxidation sites excluding steroid dienone is 4. The average Bonchev–Trinajstić information content (AvgIpc) is 3.70. The van der Waals surface area contributed by atoms with Crippen LogP contribution in [0.1, 0.15) is 115 Å². The van der Waals surface area contributed by atoms with E-state index in [9.17, 15) is 26.3 Å². The number of fused-ring (bicyclic) bond motifs is 5. The van der Waals surface area contributed by atoms with Crippen LogP contribution in [0.2, 0.25) is 0 Å². The third kappa shape index (κ3) is 10.1. The van der Waals surface area contributed by atoms with Gasteiger partial charge in [0, 0.05) is 0 Å². The summed E-state index contributed by atoms with van der Waals surface area (Å²) >= 11 is 0.898. The maximum atomic E-state index is 12.5. The van der Waals surface area contributed by atoms with Gasteiger partial charge < -0.3 is 24.8 Å². The summed E-state index contributed by atoms with van der Waals surface area (Å²) in [6.07, 6.45) is 0.468. The monoisotopic (exact) mass is 908 g/mol. The molecule has 0 amide bonds. The van der Waals surface area contributed by atoms with Crippen molar-refractivity contribution in [3.63, 3.8) is 0 Å². The van der Waals surface area contributed by atoms with Gasteiger partial charge in [-0.1, -0.05) is 76.8 Å². The fourth-order valence-electron chi connectivity index (χ4n) is 7.71. The molecule has 0 bridgehead atoms.